The minimum absolute atomic E-state index is 0.629. The van der Waals surface area contributed by atoms with Gasteiger partial charge in [-0.05, 0) is 12.8 Å². The Morgan fingerprint density at radius 3 is 1.53 bits per heavy atom. The maximum atomic E-state index is 7.21. The van der Waals surface area contributed by atoms with E-state index in [1.807, 2.05) is 0 Å². The van der Waals surface area contributed by atoms with Crippen molar-refractivity contribution in [3.05, 3.63) is 0 Å². The summed E-state index contributed by atoms with van der Waals surface area (Å²) in [6.07, 6.45) is 2.42. The lowest BCUT2D eigenvalue weighted by atomic mass is 10.2. The van der Waals surface area contributed by atoms with Crippen LogP contribution in [0.4, 0.5) is 0 Å². The molecule has 0 spiro atoms. The van der Waals surface area contributed by atoms with Crippen LogP contribution in [0.1, 0.15) is 54.4 Å². The van der Waals surface area contributed by atoms with Crippen LogP contribution in [0, 0.1) is 0 Å². The highest BCUT2D eigenvalue weighted by Gasteiger charge is 2.50. The Hall–Kier alpha value is 0.571. The molecule has 0 aliphatic heterocycles. The van der Waals surface area contributed by atoms with Gasteiger partial charge in [0.05, 0.1) is 16.6 Å². The van der Waals surface area contributed by atoms with Crippen LogP contribution in [-0.4, -0.2) is 40.7 Å². The fraction of sp³-hybridized carbons (Fsp3) is 1.00. The highest BCUT2D eigenvalue weighted by molar-refractivity contribution is 7.58. The predicted octanol–water partition coefficient (Wildman–Crippen LogP) is 3.73. The topological polar surface area (TPSA) is 29.3 Å². The first kappa shape index (κ1) is 19.6. The van der Waals surface area contributed by atoms with Crippen LogP contribution in [0.5, 0.6) is 0 Å². The van der Waals surface area contributed by atoms with Crippen molar-refractivity contribution in [1.29, 1.82) is 0 Å². The molecule has 0 rings (SSSR count). The normalized spacial score (nSPS) is 19.6. The van der Waals surface area contributed by atoms with Gasteiger partial charge in [0.1, 0.15) is 0 Å². The molecule has 0 aromatic carbocycles. The van der Waals surface area contributed by atoms with E-state index in [-0.39, 0.29) is 0 Å². The van der Waals surface area contributed by atoms with Crippen LogP contribution in [0.3, 0.4) is 0 Å². The molecule has 3 unspecified atom stereocenters. The van der Waals surface area contributed by atoms with Crippen LogP contribution in [0.25, 0.3) is 0 Å². The molecular formula is C14H36N2Si3. The van der Waals surface area contributed by atoms with Crippen molar-refractivity contribution in [2.24, 2.45) is 5.40 Å². The summed E-state index contributed by atoms with van der Waals surface area (Å²) >= 11 is 0. The number of hydrogen-bond acceptors (Lipinski definition) is 2. The quantitative estimate of drug-likeness (QED) is 0.691. The average Bonchev–Trinajstić information content (AvgIpc) is 2.26. The third-order valence-electron chi connectivity index (χ3n) is 4.19. The average molecular weight is 317 g/mol. The van der Waals surface area contributed by atoms with Gasteiger partial charge in [-0.2, -0.15) is 0 Å². The molecule has 0 amide bonds. The second-order valence-electron chi connectivity index (χ2n) is 7.24. The van der Waals surface area contributed by atoms with E-state index in [4.69, 9.17) is 5.40 Å². The fourth-order valence-electron chi connectivity index (χ4n) is 2.64. The maximum Gasteiger partial charge on any atom is 0.168 e. The van der Waals surface area contributed by atoms with E-state index in [2.05, 4.69) is 65.7 Å². The van der Waals surface area contributed by atoms with Gasteiger partial charge >= 0.3 is 0 Å². The first-order valence-electron chi connectivity index (χ1n) is 7.86. The van der Waals surface area contributed by atoms with E-state index >= 15 is 0 Å². The highest BCUT2D eigenvalue weighted by atomic mass is 29.6. The molecular weight excluding hydrogens is 280 g/mol. The fourth-order valence-corrected chi connectivity index (χ4v) is 22.5. The van der Waals surface area contributed by atoms with Crippen molar-refractivity contribution in [3.63, 3.8) is 0 Å². The Bertz CT molecular complexity index is 256. The van der Waals surface area contributed by atoms with E-state index in [1.54, 1.807) is 0 Å². The summed E-state index contributed by atoms with van der Waals surface area (Å²) in [6.45, 7) is 21.5. The molecule has 2 radical (unpaired) electrons. The molecule has 0 aliphatic carbocycles. The van der Waals surface area contributed by atoms with Crippen molar-refractivity contribution in [3.8, 4) is 0 Å². The molecule has 0 fully saturated rings. The zero-order chi connectivity index (χ0) is 15.4. The summed E-state index contributed by atoms with van der Waals surface area (Å²) in [4.78, 5) is 0. The zero-order valence-electron chi connectivity index (χ0n) is 14.7. The number of hydrogen-bond donors (Lipinski definition) is 1. The van der Waals surface area contributed by atoms with Crippen LogP contribution < -0.4 is 5.40 Å². The van der Waals surface area contributed by atoms with Crippen LogP contribution in [0.2, 0.25) is 25.2 Å². The summed E-state index contributed by atoms with van der Waals surface area (Å²) in [6, 6.07) is 1.26. The van der Waals surface area contributed by atoms with Gasteiger partial charge in [-0.1, -0.05) is 66.7 Å². The molecule has 114 valence electrons. The van der Waals surface area contributed by atoms with E-state index in [0.29, 0.717) is 12.1 Å². The Morgan fingerprint density at radius 1 is 0.947 bits per heavy atom. The van der Waals surface area contributed by atoms with Gasteiger partial charge in [-0.15, -0.1) is 0 Å². The molecule has 0 aromatic rings. The summed E-state index contributed by atoms with van der Waals surface area (Å²) < 4.78 is 2.80. The Morgan fingerprint density at radius 2 is 1.32 bits per heavy atom. The second kappa shape index (κ2) is 7.54. The van der Waals surface area contributed by atoms with Crippen molar-refractivity contribution < 1.29 is 0 Å². The number of nitrogens with two attached hydrogens (primary N) is 1. The molecule has 0 aromatic heterocycles. The van der Waals surface area contributed by atoms with Gasteiger partial charge < -0.3 is 9.96 Å². The molecule has 0 bridgehead atoms. The van der Waals surface area contributed by atoms with Gasteiger partial charge in [-0.25, -0.2) is 0 Å². The Kier molecular flexibility index (Phi) is 7.77. The third kappa shape index (κ3) is 4.81. The van der Waals surface area contributed by atoms with Gasteiger partial charge in [0.25, 0.3) is 0 Å². The Labute approximate surface area is 126 Å². The monoisotopic (exact) mass is 316 g/mol. The van der Waals surface area contributed by atoms with Crippen molar-refractivity contribution in [1.82, 2.24) is 4.57 Å². The van der Waals surface area contributed by atoms with Crippen molar-refractivity contribution >= 4 is 24.1 Å². The maximum absolute atomic E-state index is 7.21. The molecule has 2 N–H and O–H groups in total. The van der Waals surface area contributed by atoms with Crippen molar-refractivity contribution in [2.75, 3.05) is 0 Å². The lowest BCUT2D eigenvalue weighted by Gasteiger charge is -2.52. The lowest BCUT2D eigenvalue weighted by Crippen LogP contribution is -2.82. The van der Waals surface area contributed by atoms with Crippen LogP contribution in [0.15, 0.2) is 0 Å². The molecule has 0 aliphatic rings. The smallest absolute Gasteiger partial charge is 0.168 e. The minimum atomic E-state index is -1.81. The van der Waals surface area contributed by atoms with E-state index in [0.717, 1.165) is 14.6 Å². The summed E-state index contributed by atoms with van der Waals surface area (Å²) in [5, 5.41) is 7.21. The van der Waals surface area contributed by atoms with E-state index in [1.165, 1.54) is 12.8 Å². The Balaban J connectivity index is 5.61. The minimum Gasteiger partial charge on any atom is -0.344 e. The molecule has 3 atom stereocenters. The van der Waals surface area contributed by atoms with Gasteiger partial charge in [0.15, 0.2) is 7.43 Å². The molecule has 0 heterocycles. The predicted molar refractivity (Wildman–Crippen MR) is 95.5 cm³/mol. The standard InChI is InChI=1S/C14H36N2Si3/c1-10-13(5)16(14(6)11-2)19(15,17-12(3)4)18(7,8)9/h12-14H,10-11,15H2,1-9H3. The first-order valence-corrected chi connectivity index (χ1v) is 16.5. The van der Waals surface area contributed by atoms with Gasteiger partial charge in [0, 0.05) is 12.1 Å². The SMILES string of the molecule is CCC(C)N(C(C)CC)[Si](N)([Si]C(C)C)[Si](C)(C)C. The number of rotatable bonds is 8. The van der Waals surface area contributed by atoms with E-state index < -0.39 is 15.0 Å². The summed E-state index contributed by atoms with van der Waals surface area (Å²) in [7, 11) is -2.19. The number of nitrogens with zero attached hydrogens (tertiary/aromatic N) is 1. The first-order chi connectivity index (χ1) is 8.51. The molecule has 0 saturated carbocycles. The third-order valence-corrected chi connectivity index (χ3v) is 28.7. The van der Waals surface area contributed by atoms with Gasteiger partial charge in [0.2, 0.25) is 0 Å². The van der Waals surface area contributed by atoms with Crippen molar-refractivity contribution in [2.45, 2.75) is 91.6 Å². The lowest BCUT2D eigenvalue weighted by molar-refractivity contribution is 0.260. The molecule has 2 nitrogen and oxygen atoms in total. The molecule has 19 heavy (non-hydrogen) atoms. The van der Waals surface area contributed by atoms with Crippen LogP contribution >= 0.6 is 0 Å². The summed E-state index contributed by atoms with van der Waals surface area (Å²) in [5.41, 5.74) is 0.735. The van der Waals surface area contributed by atoms with Gasteiger partial charge in [-0.3, -0.25) is 0 Å². The summed E-state index contributed by atoms with van der Waals surface area (Å²) in [5.74, 6) is 0. The highest BCUT2D eigenvalue weighted by Crippen LogP contribution is 2.27. The second-order valence-corrected chi connectivity index (χ2v) is 26.7. The van der Waals surface area contributed by atoms with E-state index in [9.17, 15) is 0 Å². The molecule has 0 saturated heterocycles. The largest absolute Gasteiger partial charge is 0.344 e. The molecule has 5 heteroatoms. The van der Waals surface area contributed by atoms with Crippen LogP contribution in [-0.2, 0) is 0 Å². The zero-order valence-corrected chi connectivity index (χ0v) is 17.7.